The maximum atomic E-state index is 13.7. The SMILES string of the molecule is CCCC(NC(=O)N1c2cnn(-c3ccc(F)cc3)c2CCC1C)c1cc(S(C)(=O)=O)nc2[nH]ncc12. The van der Waals surface area contributed by atoms with Gasteiger partial charge in [0.1, 0.15) is 5.82 Å². The van der Waals surface area contributed by atoms with Gasteiger partial charge in [0.25, 0.3) is 0 Å². The summed E-state index contributed by atoms with van der Waals surface area (Å²) in [5.41, 5.74) is 3.26. The summed E-state index contributed by atoms with van der Waals surface area (Å²) >= 11 is 0. The normalized spacial score (nSPS) is 16.5. The van der Waals surface area contributed by atoms with Crippen LogP contribution in [0.3, 0.4) is 0 Å². The van der Waals surface area contributed by atoms with Gasteiger partial charge in [-0.1, -0.05) is 13.3 Å². The Balaban J connectivity index is 1.50. The molecule has 2 atom stereocenters. The number of nitrogens with zero attached hydrogens (tertiary/aromatic N) is 5. The lowest BCUT2D eigenvalue weighted by Crippen LogP contribution is -2.48. The predicted molar refractivity (Wildman–Crippen MR) is 137 cm³/mol. The van der Waals surface area contributed by atoms with Crippen LogP contribution >= 0.6 is 0 Å². The smallest absolute Gasteiger partial charge is 0.322 e. The molecule has 37 heavy (non-hydrogen) atoms. The van der Waals surface area contributed by atoms with Gasteiger partial charge in [0.15, 0.2) is 20.5 Å². The molecular weight excluding hydrogens is 497 g/mol. The first-order chi connectivity index (χ1) is 17.7. The van der Waals surface area contributed by atoms with E-state index in [0.29, 0.717) is 40.8 Å². The van der Waals surface area contributed by atoms with Crippen LogP contribution in [0.15, 0.2) is 47.8 Å². The maximum absolute atomic E-state index is 13.7. The Hall–Kier alpha value is -3.80. The fraction of sp³-hybridized carbons (Fsp3) is 0.360. The van der Waals surface area contributed by atoms with Crippen LogP contribution in [0.2, 0.25) is 0 Å². The van der Waals surface area contributed by atoms with E-state index in [0.717, 1.165) is 24.8 Å². The average Bonchev–Trinajstić information content (AvgIpc) is 3.50. The molecule has 1 aliphatic rings. The standard InChI is InChI=1S/C25H28FN7O3S/c1-4-5-20(18-12-23(37(3,35)36)30-24-19(18)13-27-31-24)29-25(34)32-15(2)6-11-21-22(32)14-28-33(21)17-9-7-16(26)8-10-17/h7-10,12-15,20H,4-6,11H2,1-3H3,(H,29,34)(H,27,30,31). The van der Waals surface area contributed by atoms with Gasteiger partial charge in [-0.05, 0) is 62.1 Å². The van der Waals surface area contributed by atoms with Crippen LogP contribution < -0.4 is 10.2 Å². The molecule has 0 spiro atoms. The highest BCUT2D eigenvalue weighted by molar-refractivity contribution is 7.90. The molecule has 1 aliphatic heterocycles. The summed E-state index contributed by atoms with van der Waals surface area (Å²) < 4.78 is 39.8. The number of H-pyrrole nitrogens is 1. The first kappa shape index (κ1) is 24.9. The molecular formula is C25H28FN7O3S. The van der Waals surface area contributed by atoms with Gasteiger partial charge in [-0.25, -0.2) is 27.3 Å². The van der Waals surface area contributed by atoms with Crippen molar-refractivity contribution in [3.8, 4) is 5.69 Å². The fourth-order valence-corrected chi connectivity index (χ4v) is 5.44. The van der Waals surface area contributed by atoms with Crippen molar-refractivity contribution < 1.29 is 17.6 Å². The highest BCUT2D eigenvalue weighted by Gasteiger charge is 2.33. The molecule has 0 radical (unpaired) electrons. The van der Waals surface area contributed by atoms with Crippen LogP contribution in [0.1, 0.15) is 50.4 Å². The second kappa shape index (κ2) is 9.58. The van der Waals surface area contributed by atoms with Crippen molar-refractivity contribution in [2.45, 2.75) is 56.6 Å². The highest BCUT2D eigenvalue weighted by Crippen LogP contribution is 2.34. The summed E-state index contributed by atoms with van der Waals surface area (Å²) in [5, 5.41) is 15.0. The van der Waals surface area contributed by atoms with Crippen LogP contribution in [-0.4, -0.2) is 51.7 Å². The minimum Gasteiger partial charge on any atom is -0.331 e. The van der Waals surface area contributed by atoms with E-state index in [9.17, 15) is 17.6 Å². The summed E-state index contributed by atoms with van der Waals surface area (Å²) in [7, 11) is -3.58. The number of sulfone groups is 1. The van der Waals surface area contributed by atoms with Crippen molar-refractivity contribution in [3.05, 3.63) is 59.8 Å². The Bertz CT molecular complexity index is 1560. The molecule has 12 heteroatoms. The molecule has 3 aromatic heterocycles. The molecule has 0 saturated carbocycles. The predicted octanol–water partition coefficient (Wildman–Crippen LogP) is 4.08. The highest BCUT2D eigenvalue weighted by atomic mass is 32.2. The van der Waals surface area contributed by atoms with Crippen LogP contribution in [0.25, 0.3) is 16.7 Å². The summed E-state index contributed by atoms with van der Waals surface area (Å²) in [6.07, 6.45) is 7.13. The minimum absolute atomic E-state index is 0.0798. The second-order valence-corrected chi connectivity index (χ2v) is 11.3. The van der Waals surface area contributed by atoms with Crippen molar-refractivity contribution >= 4 is 32.6 Å². The third-order valence-corrected chi connectivity index (χ3v) is 7.67. The number of anilines is 1. The van der Waals surface area contributed by atoms with Crippen LogP contribution in [-0.2, 0) is 16.3 Å². The number of nitrogens with one attached hydrogen (secondary N) is 2. The van der Waals surface area contributed by atoms with Gasteiger partial charge in [0, 0.05) is 17.7 Å². The van der Waals surface area contributed by atoms with E-state index in [1.807, 2.05) is 13.8 Å². The summed E-state index contributed by atoms with van der Waals surface area (Å²) in [5.74, 6) is -0.330. The fourth-order valence-electron chi connectivity index (χ4n) is 4.85. The van der Waals surface area contributed by atoms with Crippen molar-refractivity contribution in [1.82, 2.24) is 30.3 Å². The first-order valence-corrected chi connectivity index (χ1v) is 14.0. The topological polar surface area (TPSA) is 126 Å². The molecule has 0 fully saturated rings. The summed E-state index contributed by atoms with van der Waals surface area (Å²) in [6, 6.07) is 6.73. The van der Waals surface area contributed by atoms with Crippen molar-refractivity contribution in [1.29, 1.82) is 0 Å². The monoisotopic (exact) mass is 525 g/mol. The average molecular weight is 526 g/mol. The van der Waals surface area contributed by atoms with E-state index in [1.54, 1.807) is 34.1 Å². The number of aromatic amines is 1. The third kappa shape index (κ3) is 4.68. The van der Waals surface area contributed by atoms with Crippen LogP contribution in [0.4, 0.5) is 14.9 Å². The summed E-state index contributed by atoms with van der Waals surface area (Å²) in [6.45, 7) is 3.98. The number of hydrogen-bond donors (Lipinski definition) is 2. The number of halogens is 1. The van der Waals surface area contributed by atoms with Crippen LogP contribution in [0.5, 0.6) is 0 Å². The quantitative estimate of drug-likeness (QED) is 0.391. The number of carbonyl (C=O) groups excluding carboxylic acids is 1. The zero-order valence-corrected chi connectivity index (χ0v) is 21.6. The number of carbonyl (C=O) groups is 1. The Morgan fingerprint density at radius 2 is 2.03 bits per heavy atom. The van der Waals surface area contributed by atoms with Crippen molar-refractivity contribution in [2.75, 3.05) is 11.2 Å². The Morgan fingerprint density at radius 1 is 1.27 bits per heavy atom. The third-order valence-electron chi connectivity index (χ3n) is 6.70. The molecule has 1 aromatic carbocycles. The van der Waals surface area contributed by atoms with E-state index >= 15 is 0 Å². The zero-order valence-electron chi connectivity index (χ0n) is 20.8. The molecule has 0 saturated heterocycles. The molecule has 5 rings (SSSR count). The van der Waals surface area contributed by atoms with Gasteiger partial charge in [-0.3, -0.25) is 10.00 Å². The molecule has 4 heterocycles. The van der Waals surface area contributed by atoms with Gasteiger partial charge in [-0.2, -0.15) is 10.2 Å². The van der Waals surface area contributed by atoms with Gasteiger partial charge >= 0.3 is 6.03 Å². The molecule has 0 bridgehead atoms. The molecule has 2 amide bonds. The number of urea groups is 1. The Labute approximate surface area is 213 Å². The number of rotatable bonds is 6. The molecule has 10 nitrogen and oxygen atoms in total. The lowest BCUT2D eigenvalue weighted by atomic mass is 10.00. The molecule has 4 aromatic rings. The maximum Gasteiger partial charge on any atom is 0.322 e. The molecule has 2 unspecified atom stereocenters. The van der Waals surface area contributed by atoms with Gasteiger partial charge < -0.3 is 5.32 Å². The number of aromatic nitrogens is 5. The molecule has 0 aliphatic carbocycles. The second-order valence-electron chi connectivity index (χ2n) is 9.37. The minimum atomic E-state index is -3.58. The number of pyridine rings is 1. The van der Waals surface area contributed by atoms with E-state index in [2.05, 4.69) is 25.6 Å². The van der Waals surface area contributed by atoms with Crippen molar-refractivity contribution in [3.63, 3.8) is 0 Å². The van der Waals surface area contributed by atoms with E-state index in [1.165, 1.54) is 18.2 Å². The molecule has 194 valence electrons. The zero-order chi connectivity index (χ0) is 26.3. The number of fused-ring (bicyclic) bond motifs is 2. The van der Waals surface area contributed by atoms with Gasteiger partial charge in [-0.15, -0.1) is 0 Å². The lowest BCUT2D eigenvalue weighted by molar-refractivity contribution is 0.239. The number of hydrogen-bond acceptors (Lipinski definition) is 6. The first-order valence-electron chi connectivity index (χ1n) is 12.1. The van der Waals surface area contributed by atoms with Crippen LogP contribution in [0, 0.1) is 5.82 Å². The van der Waals surface area contributed by atoms with Gasteiger partial charge in [0.05, 0.1) is 35.5 Å². The van der Waals surface area contributed by atoms with E-state index < -0.39 is 15.9 Å². The Kier molecular flexibility index (Phi) is 6.44. The van der Waals surface area contributed by atoms with Crippen molar-refractivity contribution in [2.24, 2.45) is 0 Å². The summed E-state index contributed by atoms with van der Waals surface area (Å²) in [4.78, 5) is 19.6. The van der Waals surface area contributed by atoms with Gasteiger partial charge in [0.2, 0.25) is 0 Å². The lowest BCUT2D eigenvalue weighted by Gasteiger charge is -2.35. The largest absolute Gasteiger partial charge is 0.331 e. The number of amides is 2. The van der Waals surface area contributed by atoms with E-state index in [-0.39, 0.29) is 22.9 Å². The number of benzene rings is 1. The Morgan fingerprint density at radius 3 is 2.73 bits per heavy atom. The molecule has 2 N–H and O–H groups in total. The van der Waals surface area contributed by atoms with E-state index in [4.69, 9.17) is 0 Å².